The summed E-state index contributed by atoms with van der Waals surface area (Å²) in [4.78, 5) is 22.7. The van der Waals surface area contributed by atoms with Crippen LogP contribution in [0.5, 0.6) is 0 Å². The van der Waals surface area contributed by atoms with E-state index in [2.05, 4.69) is 14.9 Å². The second-order valence-electron chi connectivity index (χ2n) is 4.95. The molecule has 0 saturated heterocycles. The maximum atomic E-state index is 10.9. The number of rotatable bonds is 8. The molecule has 2 rings (SSSR count). The van der Waals surface area contributed by atoms with Crippen molar-refractivity contribution in [1.82, 2.24) is 10.3 Å². The Bertz CT molecular complexity index is 684. The summed E-state index contributed by atoms with van der Waals surface area (Å²) in [6.07, 6.45) is 2.40. The number of carboxylic acid groups (broad SMARTS) is 1. The van der Waals surface area contributed by atoms with Crippen LogP contribution in [0.1, 0.15) is 25.7 Å². The van der Waals surface area contributed by atoms with E-state index in [0.29, 0.717) is 24.2 Å². The SMILES string of the molecule is CN(CCCCCC(=O)O)c1ccc([N+](=O)[O-])c2nonc12. The van der Waals surface area contributed by atoms with E-state index in [-0.39, 0.29) is 17.6 Å². The normalized spacial score (nSPS) is 10.8. The number of carboxylic acids is 1. The third-order valence-corrected chi connectivity index (χ3v) is 3.36. The Hall–Kier alpha value is -2.71. The largest absolute Gasteiger partial charge is 0.481 e. The van der Waals surface area contributed by atoms with E-state index < -0.39 is 10.9 Å². The zero-order valence-corrected chi connectivity index (χ0v) is 12.1. The molecule has 1 aromatic heterocycles. The number of unbranched alkanes of at least 4 members (excludes halogenated alkanes) is 2. The number of aromatic nitrogens is 2. The van der Waals surface area contributed by atoms with Gasteiger partial charge < -0.3 is 10.0 Å². The quantitative estimate of drug-likeness (QED) is 0.447. The number of non-ortho nitro benzene ring substituents is 1. The molecule has 1 aromatic carbocycles. The molecule has 0 atom stereocenters. The minimum Gasteiger partial charge on any atom is -0.481 e. The summed E-state index contributed by atoms with van der Waals surface area (Å²) in [5, 5.41) is 26.8. The summed E-state index contributed by atoms with van der Waals surface area (Å²) < 4.78 is 4.62. The molecular formula is C13H16N4O5. The Labute approximate surface area is 125 Å². The summed E-state index contributed by atoms with van der Waals surface area (Å²) in [5.41, 5.74) is 1.03. The molecule has 0 aliphatic heterocycles. The fraction of sp³-hybridized carbons (Fsp3) is 0.462. The number of anilines is 1. The highest BCUT2D eigenvalue weighted by Crippen LogP contribution is 2.30. The Morgan fingerprint density at radius 2 is 2.05 bits per heavy atom. The first-order valence-corrected chi connectivity index (χ1v) is 6.83. The van der Waals surface area contributed by atoms with Crippen LogP contribution in [0.3, 0.4) is 0 Å². The highest BCUT2D eigenvalue weighted by molar-refractivity contribution is 5.93. The number of nitro benzene ring substituents is 1. The molecule has 0 amide bonds. The number of nitro groups is 1. The van der Waals surface area contributed by atoms with Crippen LogP contribution in [-0.2, 0) is 4.79 Å². The Morgan fingerprint density at radius 1 is 1.32 bits per heavy atom. The van der Waals surface area contributed by atoms with Gasteiger partial charge in [0.05, 0.1) is 10.6 Å². The molecule has 1 heterocycles. The zero-order valence-electron chi connectivity index (χ0n) is 12.1. The van der Waals surface area contributed by atoms with Crippen molar-refractivity contribution >= 4 is 28.4 Å². The van der Waals surface area contributed by atoms with E-state index in [4.69, 9.17) is 5.11 Å². The standard InChI is InChI=1S/C13H16N4O5/c1-16(8-4-2-3-5-11(18)19)9-6-7-10(17(20)21)13-12(9)14-22-15-13/h6-7H,2-5,8H2,1H3,(H,18,19). The number of benzene rings is 1. The van der Waals surface area contributed by atoms with Crippen molar-refractivity contribution in [2.75, 3.05) is 18.5 Å². The first-order valence-electron chi connectivity index (χ1n) is 6.83. The van der Waals surface area contributed by atoms with Gasteiger partial charge in [-0.1, -0.05) is 6.42 Å². The van der Waals surface area contributed by atoms with Crippen molar-refractivity contribution in [2.45, 2.75) is 25.7 Å². The second-order valence-corrected chi connectivity index (χ2v) is 4.95. The summed E-state index contributed by atoms with van der Waals surface area (Å²) in [7, 11) is 1.84. The number of aliphatic carboxylic acids is 1. The molecule has 0 aliphatic carbocycles. The third kappa shape index (κ3) is 3.48. The number of fused-ring (bicyclic) bond motifs is 1. The van der Waals surface area contributed by atoms with E-state index in [1.165, 1.54) is 6.07 Å². The van der Waals surface area contributed by atoms with Gasteiger partial charge in [-0.25, -0.2) is 4.63 Å². The van der Waals surface area contributed by atoms with E-state index in [1.807, 2.05) is 11.9 Å². The van der Waals surface area contributed by atoms with Gasteiger partial charge in [0, 0.05) is 26.1 Å². The van der Waals surface area contributed by atoms with Crippen LogP contribution in [-0.4, -0.2) is 39.9 Å². The molecule has 0 unspecified atom stereocenters. The van der Waals surface area contributed by atoms with E-state index in [1.54, 1.807) is 6.07 Å². The molecule has 1 N–H and O–H groups in total. The molecule has 0 bridgehead atoms. The van der Waals surface area contributed by atoms with Gasteiger partial charge in [-0.3, -0.25) is 14.9 Å². The lowest BCUT2D eigenvalue weighted by molar-refractivity contribution is -0.383. The molecule has 2 aromatic rings. The maximum absolute atomic E-state index is 10.9. The summed E-state index contributed by atoms with van der Waals surface area (Å²) >= 11 is 0. The van der Waals surface area contributed by atoms with Crippen molar-refractivity contribution in [2.24, 2.45) is 0 Å². The Morgan fingerprint density at radius 3 is 2.73 bits per heavy atom. The average Bonchev–Trinajstić information content (AvgIpc) is 2.94. The van der Waals surface area contributed by atoms with Gasteiger partial charge >= 0.3 is 11.7 Å². The van der Waals surface area contributed by atoms with Gasteiger partial charge in [0.15, 0.2) is 5.52 Å². The number of nitrogens with zero attached hydrogens (tertiary/aromatic N) is 4. The monoisotopic (exact) mass is 308 g/mol. The van der Waals surface area contributed by atoms with Crippen LogP contribution in [0.25, 0.3) is 11.0 Å². The molecule has 0 saturated carbocycles. The van der Waals surface area contributed by atoms with Crippen LogP contribution >= 0.6 is 0 Å². The number of hydrogen-bond donors (Lipinski definition) is 1. The maximum Gasteiger partial charge on any atom is 0.303 e. The summed E-state index contributed by atoms with van der Waals surface area (Å²) in [6.45, 7) is 0.680. The first-order chi connectivity index (χ1) is 10.5. The average molecular weight is 308 g/mol. The summed E-state index contributed by atoms with van der Waals surface area (Å²) in [6, 6.07) is 2.99. The van der Waals surface area contributed by atoms with Crippen LogP contribution in [0, 0.1) is 10.1 Å². The predicted octanol–water partition coefficient (Wildman–Crippen LogP) is 2.21. The molecule has 9 nitrogen and oxygen atoms in total. The Balaban J connectivity index is 2.04. The molecule has 22 heavy (non-hydrogen) atoms. The van der Waals surface area contributed by atoms with Crippen molar-refractivity contribution in [3.63, 3.8) is 0 Å². The lowest BCUT2D eigenvalue weighted by atomic mass is 10.1. The van der Waals surface area contributed by atoms with Gasteiger partial charge in [-0.2, -0.15) is 0 Å². The fourth-order valence-corrected chi connectivity index (χ4v) is 2.22. The molecule has 0 radical (unpaired) electrons. The number of hydrogen-bond acceptors (Lipinski definition) is 7. The van der Waals surface area contributed by atoms with Crippen molar-refractivity contribution in [1.29, 1.82) is 0 Å². The van der Waals surface area contributed by atoms with Crippen molar-refractivity contribution in [3.05, 3.63) is 22.2 Å². The highest BCUT2D eigenvalue weighted by atomic mass is 16.6. The van der Waals surface area contributed by atoms with Gasteiger partial charge in [-0.05, 0) is 29.2 Å². The fourth-order valence-electron chi connectivity index (χ4n) is 2.22. The molecular weight excluding hydrogens is 292 g/mol. The van der Waals surface area contributed by atoms with Crippen molar-refractivity contribution in [3.8, 4) is 0 Å². The second kappa shape index (κ2) is 6.83. The van der Waals surface area contributed by atoms with E-state index >= 15 is 0 Å². The van der Waals surface area contributed by atoms with Gasteiger partial charge in [0.1, 0.15) is 0 Å². The van der Waals surface area contributed by atoms with E-state index in [9.17, 15) is 14.9 Å². The van der Waals surface area contributed by atoms with Gasteiger partial charge in [0.25, 0.3) is 0 Å². The number of carbonyl (C=O) groups is 1. The molecule has 9 heteroatoms. The highest BCUT2D eigenvalue weighted by Gasteiger charge is 2.20. The first kappa shape index (κ1) is 15.7. The zero-order chi connectivity index (χ0) is 16.1. The molecule has 0 fully saturated rings. The summed E-state index contributed by atoms with van der Waals surface area (Å²) in [5.74, 6) is -0.792. The van der Waals surface area contributed by atoms with Crippen LogP contribution in [0.15, 0.2) is 16.8 Å². The minimum atomic E-state index is -0.792. The van der Waals surface area contributed by atoms with Crippen molar-refractivity contribution < 1.29 is 19.5 Å². The molecule has 118 valence electrons. The predicted molar refractivity (Wildman–Crippen MR) is 77.8 cm³/mol. The Kier molecular flexibility index (Phi) is 4.87. The lowest BCUT2D eigenvalue weighted by Gasteiger charge is -2.18. The van der Waals surface area contributed by atoms with Gasteiger partial charge in [-0.15, -0.1) is 0 Å². The minimum absolute atomic E-state index is 0.125. The smallest absolute Gasteiger partial charge is 0.303 e. The lowest BCUT2D eigenvalue weighted by Crippen LogP contribution is -2.19. The van der Waals surface area contributed by atoms with Gasteiger partial charge in [0.2, 0.25) is 5.52 Å². The van der Waals surface area contributed by atoms with Crippen LogP contribution in [0.2, 0.25) is 0 Å². The molecule has 0 aliphatic rings. The third-order valence-electron chi connectivity index (χ3n) is 3.36. The van der Waals surface area contributed by atoms with Crippen LogP contribution < -0.4 is 4.90 Å². The topological polar surface area (TPSA) is 123 Å². The molecule has 0 spiro atoms. The van der Waals surface area contributed by atoms with E-state index in [0.717, 1.165) is 12.8 Å². The van der Waals surface area contributed by atoms with Crippen LogP contribution in [0.4, 0.5) is 11.4 Å².